The molecule has 0 aromatic heterocycles. The summed E-state index contributed by atoms with van der Waals surface area (Å²) < 4.78 is 12.8. The van der Waals surface area contributed by atoms with Gasteiger partial charge in [-0.15, -0.1) is 17.7 Å². The standard InChI is InChI=1S/C11H15FN.BrH.Mg/c1-3-13(4-2)9-10-6-5-7-11(12)8-10;;/h5,7-8H,3-4,9H2,1-2H3;1H;/q-1;;+2/p-1. The zero-order chi connectivity index (χ0) is 9.68. The second-order valence-electron chi connectivity index (χ2n) is 2.99. The van der Waals surface area contributed by atoms with Gasteiger partial charge in [0, 0.05) is 12.4 Å². The van der Waals surface area contributed by atoms with Gasteiger partial charge in [0.1, 0.15) is 0 Å². The largest absolute Gasteiger partial charge is 2.00 e. The maximum absolute atomic E-state index is 12.8. The van der Waals surface area contributed by atoms with Crippen molar-refractivity contribution in [3.8, 4) is 0 Å². The van der Waals surface area contributed by atoms with Crippen LogP contribution in [-0.4, -0.2) is 41.0 Å². The molecule has 0 radical (unpaired) electrons. The van der Waals surface area contributed by atoms with Crippen LogP contribution in [0.4, 0.5) is 4.39 Å². The molecule has 0 aliphatic carbocycles. The van der Waals surface area contributed by atoms with Crippen molar-refractivity contribution in [2.75, 3.05) is 13.1 Å². The van der Waals surface area contributed by atoms with E-state index in [0.717, 1.165) is 25.2 Å². The molecule has 80 valence electrons. The Labute approximate surface area is 118 Å². The third-order valence-electron chi connectivity index (χ3n) is 2.11. The molecule has 4 heteroatoms. The SMILES string of the molecule is CCN(CC)Cc1[c-]ccc(F)c1.[Br-].[Mg+2]. The van der Waals surface area contributed by atoms with E-state index in [1.807, 2.05) is 0 Å². The maximum Gasteiger partial charge on any atom is 2.00 e. The van der Waals surface area contributed by atoms with Crippen LogP contribution in [0.5, 0.6) is 0 Å². The molecule has 0 aliphatic rings. The van der Waals surface area contributed by atoms with Gasteiger partial charge in [0.25, 0.3) is 0 Å². The Morgan fingerprint density at radius 3 is 2.40 bits per heavy atom. The summed E-state index contributed by atoms with van der Waals surface area (Å²) in [5, 5.41) is 0. The first-order chi connectivity index (χ1) is 6.26. The summed E-state index contributed by atoms with van der Waals surface area (Å²) >= 11 is 0. The molecule has 0 saturated heterocycles. The zero-order valence-corrected chi connectivity index (χ0v) is 12.3. The Bertz CT molecular complexity index is 267. The molecule has 0 spiro atoms. The van der Waals surface area contributed by atoms with Crippen molar-refractivity contribution in [1.82, 2.24) is 4.90 Å². The van der Waals surface area contributed by atoms with Crippen molar-refractivity contribution in [1.29, 1.82) is 0 Å². The third-order valence-corrected chi connectivity index (χ3v) is 2.11. The number of nitrogens with zero attached hydrogens (tertiary/aromatic N) is 1. The van der Waals surface area contributed by atoms with Crippen LogP contribution >= 0.6 is 0 Å². The van der Waals surface area contributed by atoms with E-state index in [4.69, 9.17) is 0 Å². The van der Waals surface area contributed by atoms with E-state index in [1.165, 1.54) is 6.07 Å². The Morgan fingerprint density at radius 1 is 1.33 bits per heavy atom. The number of rotatable bonds is 4. The number of halogens is 2. The molecule has 0 bridgehead atoms. The van der Waals surface area contributed by atoms with Gasteiger partial charge in [-0.1, -0.05) is 13.8 Å². The quantitative estimate of drug-likeness (QED) is 0.511. The minimum atomic E-state index is -0.180. The molecule has 0 saturated carbocycles. The molecule has 0 fully saturated rings. The van der Waals surface area contributed by atoms with Crippen LogP contribution in [0.3, 0.4) is 0 Å². The molecule has 0 heterocycles. The van der Waals surface area contributed by atoms with Gasteiger partial charge >= 0.3 is 23.1 Å². The molecule has 0 amide bonds. The van der Waals surface area contributed by atoms with E-state index in [-0.39, 0.29) is 45.9 Å². The molecular weight excluding hydrogens is 269 g/mol. The second kappa shape index (κ2) is 9.57. The number of benzene rings is 1. The molecule has 15 heavy (non-hydrogen) atoms. The maximum atomic E-state index is 12.8. The summed E-state index contributed by atoms with van der Waals surface area (Å²) in [6, 6.07) is 7.62. The van der Waals surface area contributed by atoms with Gasteiger partial charge in [-0.25, -0.2) is 4.39 Å². The summed E-state index contributed by atoms with van der Waals surface area (Å²) in [6.07, 6.45) is 0. The predicted octanol–water partition coefficient (Wildman–Crippen LogP) is -0.909. The first-order valence-electron chi connectivity index (χ1n) is 4.64. The minimum Gasteiger partial charge on any atom is -1.00 e. The minimum absolute atomic E-state index is 0. The van der Waals surface area contributed by atoms with E-state index >= 15 is 0 Å². The molecule has 0 N–H and O–H groups in total. The number of hydrogen-bond acceptors (Lipinski definition) is 1. The van der Waals surface area contributed by atoms with Gasteiger partial charge in [-0.3, -0.25) is 0 Å². The molecule has 1 aromatic carbocycles. The van der Waals surface area contributed by atoms with E-state index in [1.54, 1.807) is 12.1 Å². The van der Waals surface area contributed by atoms with E-state index in [9.17, 15) is 4.39 Å². The fourth-order valence-corrected chi connectivity index (χ4v) is 1.26. The molecule has 0 aliphatic heterocycles. The Kier molecular flexibility index (Phi) is 11.3. The molecule has 0 unspecified atom stereocenters. The van der Waals surface area contributed by atoms with Crippen molar-refractivity contribution >= 4 is 23.1 Å². The van der Waals surface area contributed by atoms with E-state index in [0.29, 0.717) is 0 Å². The summed E-state index contributed by atoms with van der Waals surface area (Å²) in [6.45, 7) is 6.96. The summed E-state index contributed by atoms with van der Waals surface area (Å²) in [4.78, 5) is 2.23. The third kappa shape index (κ3) is 6.50. The van der Waals surface area contributed by atoms with Gasteiger partial charge in [0.05, 0.1) is 0 Å². The average molecular weight is 284 g/mol. The van der Waals surface area contributed by atoms with Crippen molar-refractivity contribution < 1.29 is 21.4 Å². The predicted molar refractivity (Wildman–Crippen MR) is 57.6 cm³/mol. The molecule has 1 nitrogen and oxygen atoms in total. The van der Waals surface area contributed by atoms with Crippen LogP contribution < -0.4 is 17.0 Å². The van der Waals surface area contributed by atoms with Gasteiger partial charge < -0.3 is 21.9 Å². The van der Waals surface area contributed by atoms with Gasteiger partial charge in [-0.2, -0.15) is 12.1 Å². The second-order valence-corrected chi connectivity index (χ2v) is 2.99. The van der Waals surface area contributed by atoms with Crippen molar-refractivity contribution in [3.63, 3.8) is 0 Å². The topological polar surface area (TPSA) is 3.24 Å². The van der Waals surface area contributed by atoms with Crippen molar-refractivity contribution in [2.45, 2.75) is 20.4 Å². The Morgan fingerprint density at radius 2 is 1.93 bits per heavy atom. The summed E-state index contributed by atoms with van der Waals surface area (Å²) in [5.41, 5.74) is 0.920. The smallest absolute Gasteiger partial charge is 1.00 e. The number of hydrogen-bond donors (Lipinski definition) is 0. The van der Waals surface area contributed by atoms with E-state index < -0.39 is 0 Å². The van der Waals surface area contributed by atoms with Crippen LogP contribution in [0, 0.1) is 11.9 Å². The van der Waals surface area contributed by atoms with Crippen LogP contribution in [0.15, 0.2) is 18.2 Å². The molecular formula is C11H15BrFMgN. The van der Waals surface area contributed by atoms with Gasteiger partial charge in [-0.05, 0) is 13.1 Å². The molecule has 1 aromatic rings. The molecule has 1 rings (SSSR count). The zero-order valence-electron chi connectivity index (χ0n) is 9.26. The van der Waals surface area contributed by atoms with Crippen molar-refractivity contribution in [2.24, 2.45) is 0 Å². The first kappa shape index (κ1) is 17.7. The molecule has 0 atom stereocenters. The average Bonchev–Trinajstić information content (AvgIpc) is 2.14. The van der Waals surface area contributed by atoms with Gasteiger partial charge in [0.2, 0.25) is 0 Å². The van der Waals surface area contributed by atoms with Crippen LogP contribution in [0.25, 0.3) is 0 Å². The van der Waals surface area contributed by atoms with E-state index in [2.05, 4.69) is 24.8 Å². The Hall–Kier alpha value is 0.356. The fourth-order valence-electron chi connectivity index (χ4n) is 1.26. The summed E-state index contributed by atoms with van der Waals surface area (Å²) in [7, 11) is 0. The van der Waals surface area contributed by atoms with Crippen molar-refractivity contribution in [3.05, 3.63) is 35.6 Å². The van der Waals surface area contributed by atoms with Crippen LogP contribution in [-0.2, 0) is 6.54 Å². The fraction of sp³-hybridized carbons (Fsp3) is 0.455. The monoisotopic (exact) mass is 283 g/mol. The van der Waals surface area contributed by atoms with Gasteiger partial charge in [0.15, 0.2) is 0 Å². The van der Waals surface area contributed by atoms with Crippen LogP contribution in [0.2, 0.25) is 0 Å². The van der Waals surface area contributed by atoms with Crippen LogP contribution in [0.1, 0.15) is 19.4 Å². The normalized spacial score (nSPS) is 9.33. The first-order valence-corrected chi connectivity index (χ1v) is 4.64. The Balaban J connectivity index is 0. The summed E-state index contributed by atoms with van der Waals surface area (Å²) in [5.74, 6) is -0.180.